The summed E-state index contributed by atoms with van der Waals surface area (Å²) in [6.45, 7) is 8.35. The van der Waals surface area contributed by atoms with Crippen LogP contribution in [0.5, 0.6) is 5.75 Å². The van der Waals surface area contributed by atoms with Crippen LogP contribution in [0.25, 0.3) is 0 Å². The first-order valence-electron chi connectivity index (χ1n) is 11.9. The van der Waals surface area contributed by atoms with E-state index in [0.29, 0.717) is 18.5 Å². The van der Waals surface area contributed by atoms with Gasteiger partial charge in [-0.05, 0) is 55.5 Å². The number of carbonyl (C=O) groups excluding carboxylic acids is 3. The average Bonchev–Trinajstić information content (AvgIpc) is 3.26. The summed E-state index contributed by atoms with van der Waals surface area (Å²) in [6.07, 6.45) is 0.498. The zero-order valence-electron chi connectivity index (χ0n) is 20.8. The van der Waals surface area contributed by atoms with E-state index in [2.05, 4.69) is 10.6 Å². The zero-order chi connectivity index (χ0) is 25.3. The first-order chi connectivity index (χ1) is 16.6. The summed E-state index contributed by atoms with van der Waals surface area (Å²) in [7, 11) is 1.61. The molecule has 0 bridgehead atoms. The molecule has 2 aliphatic heterocycles. The smallest absolute Gasteiger partial charge is 0.256 e. The number of fused-ring (bicyclic) bond motifs is 3. The summed E-state index contributed by atoms with van der Waals surface area (Å²) < 4.78 is 4.68. The van der Waals surface area contributed by atoms with Gasteiger partial charge in [0, 0.05) is 16.9 Å². The number of thioether (sulfide) groups is 1. The van der Waals surface area contributed by atoms with Crippen LogP contribution in [-0.4, -0.2) is 46.6 Å². The van der Waals surface area contributed by atoms with Crippen LogP contribution in [-0.2, 0) is 16.1 Å². The van der Waals surface area contributed by atoms with E-state index in [4.69, 9.17) is 4.74 Å². The Kier molecular flexibility index (Phi) is 7.12. The summed E-state index contributed by atoms with van der Waals surface area (Å²) >= 11 is 1.61. The largest absolute Gasteiger partial charge is 0.497 e. The van der Waals surface area contributed by atoms with Crippen LogP contribution < -0.4 is 15.4 Å². The minimum atomic E-state index is -0.694. The van der Waals surface area contributed by atoms with E-state index in [1.165, 1.54) is 0 Å². The predicted molar refractivity (Wildman–Crippen MR) is 137 cm³/mol. The number of rotatable bonds is 8. The van der Waals surface area contributed by atoms with Gasteiger partial charge in [0.2, 0.25) is 11.8 Å². The molecule has 0 unspecified atom stereocenters. The molecule has 0 spiro atoms. The fourth-order valence-corrected chi connectivity index (χ4v) is 6.40. The molecular weight excluding hydrogens is 462 g/mol. The van der Waals surface area contributed by atoms with Crippen molar-refractivity contribution in [3.05, 3.63) is 65.2 Å². The second-order valence-corrected chi connectivity index (χ2v) is 11.8. The van der Waals surface area contributed by atoms with Gasteiger partial charge in [0.1, 0.15) is 23.2 Å². The fourth-order valence-electron chi connectivity index (χ4n) is 4.81. The summed E-state index contributed by atoms with van der Waals surface area (Å²) in [5.41, 5.74) is 2.53. The average molecular weight is 496 g/mol. The number of benzene rings is 2. The molecule has 2 N–H and O–H groups in total. The third-order valence-corrected chi connectivity index (χ3v) is 8.05. The van der Waals surface area contributed by atoms with E-state index in [1.54, 1.807) is 23.8 Å². The second-order valence-electron chi connectivity index (χ2n) is 10.0. The summed E-state index contributed by atoms with van der Waals surface area (Å²) in [4.78, 5) is 41.7. The Hall–Kier alpha value is -3.00. The van der Waals surface area contributed by atoms with E-state index in [0.717, 1.165) is 16.9 Å². The van der Waals surface area contributed by atoms with Crippen molar-refractivity contribution in [3.63, 3.8) is 0 Å². The molecule has 2 aromatic carbocycles. The molecule has 186 valence electrons. The van der Waals surface area contributed by atoms with Crippen LogP contribution in [0.3, 0.4) is 0 Å². The number of methoxy groups -OCH3 is 1. The van der Waals surface area contributed by atoms with Crippen LogP contribution in [0.4, 0.5) is 0 Å². The van der Waals surface area contributed by atoms with Crippen LogP contribution >= 0.6 is 11.8 Å². The number of hydrogen-bond acceptors (Lipinski definition) is 5. The standard InChI is InChI=1S/C27H33N3O4S/c1-16(2)14-21(23(31)28-15-17-10-12-18(34-5)13-11-17)29-24(32)22-27(3,4)35-26-20-9-7-6-8-19(20)25(33)30(22)26/h6-13,16,21-22,26H,14-15H2,1-5H3,(H,28,31)(H,29,32)/t21-,22+,26+/m0/s1. The lowest BCUT2D eigenvalue weighted by atomic mass is 9.98. The molecular formula is C27H33N3O4S. The molecule has 0 aromatic heterocycles. The highest BCUT2D eigenvalue weighted by atomic mass is 32.2. The molecule has 2 heterocycles. The van der Waals surface area contributed by atoms with Crippen molar-refractivity contribution in [1.82, 2.24) is 15.5 Å². The molecule has 0 aliphatic carbocycles. The quantitative estimate of drug-likeness (QED) is 0.580. The van der Waals surface area contributed by atoms with Crippen molar-refractivity contribution in [2.75, 3.05) is 7.11 Å². The zero-order valence-corrected chi connectivity index (χ0v) is 21.6. The minimum absolute atomic E-state index is 0.131. The summed E-state index contributed by atoms with van der Waals surface area (Å²) in [5, 5.41) is 5.73. The maximum Gasteiger partial charge on any atom is 0.256 e. The SMILES string of the molecule is COc1ccc(CNC(=O)[C@H](CC(C)C)NC(=O)[C@H]2N3C(=O)c4ccccc4[C@H]3SC2(C)C)cc1. The molecule has 1 saturated heterocycles. The maximum atomic E-state index is 13.6. The van der Waals surface area contributed by atoms with Gasteiger partial charge in [-0.1, -0.05) is 44.2 Å². The fraction of sp³-hybridized carbons (Fsp3) is 0.444. The Balaban J connectivity index is 1.48. The Bertz CT molecular complexity index is 1120. The lowest BCUT2D eigenvalue weighted by Crippen LogP contribution is -2.57. The third kappa shape index (κ3) is 5.03. The monoisotopic (exact) mass is 495 g/mol. The lowest BCUT2D eigenvalue weighted by Gasteiger charge is -2.31. The van der Waals surface area contributed by atoms with Gasteiger partial charge in [0.15, 0.2) is 0 Å². The topological polar surface area (TPSA) is 87.7 Å². The van der Waals surface area contributed by atoms with Gasteiger partial charge in [-0.25, -0.2) is 0 Å². The van der Waals surface area contributed by atoms with Gasteiger partial charge in [-0.3, -0.25) is 14.4 Å². The predicted octanol–water partition coefficient (Wildman–Crippen LogP) is 3.89. The van der Waals surface area contributed by atoms with E-state index in [9.17, 15) is 14.4 Å². The van der Waals surface area contributed by atoms with Crippen molar-refractivity contribution in [2.45, 2.75) is 62.9 Å². The van der Waals surface area contributed by atoms with Gasteiger partial charge in [0.25, 0.3) is 5.91 Å². The van der Waals surface area contributed by atoms with Crippen LogP contribution in [0.1, 0.15) is 61.0 Å². The number of amides is 3. The van der Waals surface area contributed by atoms with E-state index < -0.39 is 16.8 Å². The van der Waals surface area contributed by atoms with E-state index in [-0.39, 0.29) is 29.0 Å². The Morgan fingerprint density at radius 2 is 1.80 bits per heavy atom. The highest BCUT2D eigenvalue weighted by Crippen LogP contribution is 2.56. The van der Waals surface area contributed by atoms with Gasteiger partial charge < -0.3 is 20.3 Å². The summed E-state index contributed by atoms with van der Waals surface area (Å²) in [5.74, 6) is 0.283. The normalized spacial score (nSPS) is 20.9. The number of ether oxygens (including phenoxy) is 1. The van der Waals surface area contributed by atoms with Crippen molar-refractivity contribution >= 4 is 29.5 Å². The molecule has 8 heteroatoms. The number of hydrogen-bond donors (Lipinski definition) is 2. The van der Waals surface area contributed by atoms with Crippen molar-refractivity contribution in [3.8, 4) is 5.75 Å². The molecule has 2 aliphatic rings. The van der Waals surface area contributed by atoms with Gasteiger partial charge in [-0.15, -0.1) is 11.8 Å². The number of carbonyl (C=O) groups is 3. The molecule has 0 saturated carbocycles. The number of nitrogens with zero attached hydrogens (tertiary/aromatic N) is 1. The Labute approximate surface area is 211 Å². The van der Waals surface area contributed by atoms with Crippen LogP contribution in [0.15, 0.2) is 48.5 Å². The van der Waals surface area contributed by atoms with Crippen molar-refractivity contribution < 1.29 is 19.1 Å². The van der Waals surface area contributed by atoms with Gasteiger partial charge >= 0.3 is 0 Å². The van der Waals surface area contributed by atoms with Gasteiger partial charge in [-0.2, -0.15) is 0 Å². The summed E-state index contributed by atoms with van der Waals surface area (Å²) in [6, 6.07) is 13.6. The van der Waals surface area contributed by atoms with Crippen LogP contribution in [0, 0.1) is 5.92 Å². The molecule has 4 rings (SSSR count). The highest BCUT2D eigenvalue weighted by molar-refractivity contribution is 8.01. The molecule has 35 heavy (non-hydrogen) atoms. The first-order valence-corrected chi connectivity index (χ1v) is 12.8. The molecule has 7 nitrogen and oxygen atoms in total. The van der Waals surface area contributed by atoms with E-state index in [1.807, 2.05) is 76.2 Å². The molecule has 1 fully saturated rings. The Morgan fingerprint density at radius 3 is 2.46 bits per heavy atom. The molecule has 2 aromatic rings. The van der Waals surface area contributed by atoms with E-state index >= 15 is 0 Å². The molecule has 0 radical (unpaired) electrons. The lowest BCUT2D eigenvalue weighted by molar-refractivity contribution is -0.132. The number of nitrogens with one attached hydrogen (secondary N) is 2. The van der Waals surface area contributed by atoms with Crippen molar-refractivity contribution in [1.29, 1.82) is 0 Å². The van der Waals surface area contributed by atoms with Gasteiger partial charge in [0.05, 0.1) is 7.11 Å². The maximum absolute atomic E-state index is 13.6. The second kappa shape index (κ2) is 9.93. The molecule has 3 atom stereocenters. The van der Waals surface area contributed by atoms with Crippen molar-refractivity contribution in [2.24, 2.45) is 5.92 Å². The first kappa shape index (κ1) is 25.1. The minimum Gasteiger partial charge on any atom is -0.497 e. The highest BCUT2D eigenvalue weighted by Gasteiger charge is 2.57. The van der Waals surface area contributed by atoms with Crippen LogP contribution in [0.2, 0.25) is 0 Å². The Morgan fingerprint density at radius 1 is 1.11 bits per heavy atom. The molecule has 3 amide bonds. The third-order valence-electron chi connectivity index (χ3n) is 6.51.